The Balaban J connectivity index is 4.01. The molecule has 0 radical (unpaired) electrons. The summed E-state index contributed by atoms with van der Waals surface area (Å²) >= 11 is 0. The highest BCUT2D eigenvalue weighted by atomic mass is 28.3. The largest absolute Gasteiger partial charge is 0.396 e. The number of hydrogen-bond donors (Lipinski definition) is 1. The van der Waals surface area contributed by atoms with Gasteiger partial charge in [0.05, 0.1) is 0 Å². The fraction of sp³-hybridized carbons (Fsp3) is 0.818. The Morgan fingerprint density at radius 3 is 2.31 bits per heavy atom. The average Bonchev–Trinajstić information content (AvgIpc) is 1.99. The molecule has 0 spiro atoms. The minimum Gasteiger partial charge on any atom is -0.396 e. The summed E-state index contributed by atoms with van der Waals surface area (Å²) in [6.45, 7) is 11.8. The summed E-state index contributed by atoms with van der Waals surface area (Å²) in [4.78, 5) is 0. The van der Waals surface area contributed by atoms with E-state index in [-0.39, 0.29) is 0 Å². The number of aliphatic hydroxyl groups is 1. The van der Waals surface area contributed by atoms with Crippen LogP contribution in [0.15, 0.2) is 11.6 Å². The third-order valence-electron chi connectivity index (χ3n) is 2.38. The maximum Gasteiger partial charge on any atom is 0.0480 e. The molecule has 1 N–H and O–H groups in total. The average molecular weight is 200 g/mol. The SMILES string of the molecule is C/C(=C\C[Si](C)(C)C)C(C)CCO. The van der Waals surface area contributed by atoms with Crippen molar-refractivity contribution >= 4 is 8.07 Å². The van der Waals surface area contributed by atoms with Crippen LogP contribution in [0.4, 0.5) is 0 Å². The molecule has 2 heteroatoms. The first-order chi connectivity index (χ1) is 5.87. The van der Waals surface area contributed by atoms with Crippen LogP contribution in [-0.4, -0.2) is 19.8 Å². The zero-order valence-electron chi connectivity index (χ0n) is 9.72. The number of rotatable bonds is 5. The van der Waals surface area contributed by atoms with E-state index in [0.29, 0.717) is 12.5 Å². The second-order valence-corrected chi connectivity index (χ2v) is 10.7. The van der Waals surface area contributed by atoms with Gasteiger partial charge in [-0.05, 0) is 25.3 Å². The van der Waals surface area contributed by atoms with E-state index in [9.17, 15) is 0 Å². The Kier molecular flexibility index (Phi) is 5.57. The van der Waals surface area contributed by atoms with Crippen LogP contribution in [0.5, 0.6) is 0 Å². The van der Waals surface area contributed by atoms with Crippen LogP contribution in [-0.2, 0) is 0 Å². The van der Waals surface area contributed by atoms with Crippen molar-refractivity contribution in [2.75, 3.05) is 6.61 Å². The summed E-state index contributed by atoms with van der Waals surface area (Å²) in [7, 11) is -0.928. The van der Waals surface area contributed by atoms with Crippen molar-refractivity contribution in [2.45, 2.75) is 46.0 Å². The Morgan fingerprint density at radius 1 is 1.38 bits per heavy atom. The summed E-state index contributed by atoms with van der Waals surface area (Å²) in [5, 5.41) is 8.80. The maximum atomic E-state index is 8.80. The normalized spacial score (nSPS) is 16.0. The second-order valence-electron chi connectivity index (χ2n) is 5.13. The third kappa shape index (κ3) is 7.02. The monoisotopic (exact) mass is 200 g/mol. The van der Waals surface area contributed by atoms with E-state index in [1.807, 2.05) is 0 Å². The smallest absolute Gasteiger partial charge is 0.0480 e. The van der Waals surface area contributed by atoms with Crippen LogP contribution < -0.4 is 0 Å². The van der Waals surface area contributed by atoms with Gasteiger partial charge < -0.3 is 5.11 Å². The first kappa shape index (κ1) is 12.9. The highest BCUT2D eigenvalue weighted by molar-refractivity contribution is 6.76. The second kappa shape index (κ2) is 5.61. The Bertz CT molecular complexity index is 167. The molecule has 0 aromatic carbocycles. The van der Waals surface area contributed by atoms with Gasteiger partial charge in [0.25, 0.3) is 0 Å². The number of allylic oxidation sites excluding steroid dienone is 2. The molecular weight excluding hydrogens is 176 g/mol. The van der Waals surface area contributed by atoms with Crippen molar-refractivity contribution in [3.8, 4) is 0 Å². The molecule has 0 aliphatic heterocycles. The molecule has 0 bridgehead atoms. The van der Waals surface area contributed by atoms with Crippen molar-refractivity contribution in [3.05, 3.63) is 11.6 Å². The van der Waals surface area contributed by atoms with Crippen molar-refractivity contribution in [1.29, 1.82) is 0 Å². The standard InChI is InChI=1S/C11H24OSi/c1-10(6-8-12)11(2)7-9-13(3,4)5/h7,10,12H,6,8-9H2,1-5H3/b11-7+. The van der Waals surface area contributed by atoms with Gasteiger partial charge in [-0.2, -0.15) is 0 Å². The molecular formula is C11H24OSi. The Labute approximate surface area is 83.9 Å². The van der Waals surface area contributed by atoms with Gasteiger partial charge in [-0.25, -0.2) is 0 Å². The van der Waals surface area contributed by atoms with Crippen LogP contribution in [0, 0.1) is 5.92 Å². The van der Waals surface area contributed by atoms with Gasteiger partial charge in [-0.1, -0.05) is 38.2 Å². The van der Waals surface area contributed by atoms with Gasteiger partial charge in [-0.15, -0.1) is 0 Å². The predicted molar refractivity (Wildman–Crippen MR) is 62.8 cm³/mol. The van der Waals surface area contributed by atoms with Crippen molar-refractivity contribution < 1.29 is 5.11 Å². The first-order valence-corrected chi connectivity index (χ1v) is 8.85. The fourth-order valence-corrected chi connectivity index (χ4v) is 2.02. The van der Waals surface area contributed by atoms with Gasteiger partial charge >= 0.3 is 0 Å². The lowest BCUT2D eigenvalue weighted by Crippen LogP contribution is -2.18. The van der Waals surface area contributed by atoms with E-state index in [0.717, 1.165) is 6.42 Å². The Hall–Kier alpha value is -0.0831. The molecule has 0 aromatic rings. The lowest BCUT2D eigenvalue weighted by Gasteiger charge is -2.15. The van der Waals surface area contributed by atoms with E-state index in [4.69, 9.17) is 5.11 Å². The topological polar surface area (TPSA) is 20.2 Å². The fourth-order valence-electron chi connectivity index (χ4n) is 1.09. The lowest BCUT2D eigenvalue weighted by molar-refractivity contribution is 0.271. The maximum absolute atomic E-state index is 8.80. The highest BCUT2D eigenvalue weighted by Gasteiger charge is 2.11. The van der Waals surface area contributed by atoms with Crippen LogP contribution in [0.25, 0.3) is 0 Å². The van der Waals surface area contributed by atoms with Gasteiger partial charge in [0.1, 0.15) is 0 Å². The molecule has 78 valence electrons. The zero-order valence-corrected chi connectivity index (χ0v) is 10.7. The van der Waals surface area contributed by atoms with Crippen LogP contribution >= 0.6 is 0 Å². The molecule has 0 aliphatic rings. The summed E-state index contributed by atoms with van der Waals surface area (Å²) in [6.07, 6.45) is 3.26. The van der Waals surface area contributed by atoms with E-state index in [1.165, 1.54) is 11.6 Å². The molecule has 0 saturated heterocycles. The number of aliphatic hydroxyl groups excluding tert-OH is 1. The molecule has 13 heavy (non-hydrogen) atoms. The van der Waals surface area contributed by atoms with Crippen LogP contribution in [0.2, 0.25) is 25.7 Å². The zero-order chi connectivity index (χ0) is 10.5. The minimum absolute atomic E-state index is 0.305. The van der Waals surface area contributed by atoms with Gasteiger partial charge in [0, 0.05) is 14.7 Å². The summed E-state index contributed by atoms with van der Waals surface area (Å²) in [5.74, 6) is 0.543. The molecule has 1 unspecified atom stereocenters. The first-order valence-electron chi connectivity index (χ1n) is 5.14. The van der Waals surface area contributed by atoms with Gasteiger partial charge in [-0.3, -0.25) is 0 Å². The molecule has 0 saturated carbocycles. The third-order valence-corrected chi connectivity index (χ3v) is 3.80. The minimum atomic E-state index is -0.928. The van der Waals surface area contributed by atoms with Gasteiger partial charge in [0.2, 0.25) is 0 Å². The quantitative estimate of drug-likeness (QED) is 0.533. The molecule has 1 atom stereocenters. The van der Waals surface area contributed by atoms with E-state index >= 15 is 0 Å². The lowest BCUT2D eigenvalue weighted by atomic mass is 10.00. The van der Waals surface area contributed by atoms with Crippen molar-refractivity contribution in [2.24, 2.45) is 5.92 Å². The van der Waals surface area contributed by atoms with E-state index in [2.05, 4.69) is 39.6 Å². The summed E-state index contributed by atoms with van der Waals surface area (Å²) in [5.41, 5.74) is 1.44. The molecule has 0 heterocycles. The molecule has 0 aliphatic carbocycles. The van der Waals surface area contributed by atoms with Crippen LogP contribution in [0.3, 0.4) is 0 Å². The highest BCUT2D eigenvalue weighted by Crippen LogP contribution is 2.17. The molecule has 0 fully saturated rings. The molecule has 0 amide bonds. The van der Waals surface area contributed by atoms with Crippen LogP contribution in [0.1, 0.15) is 20.3 Å². The van der Waals surface area contributed by atoms with E-state index in [1.54, 1.807) is 0 Å². The molecule has 0 rings (SSSR count). The van der Waals surface area contributed by atoms with Gasteiger partial charge in [0.15, 0.2) is 0 Å². The Morgan fingerprint density at radius 2 is 1.92 bits per heavy atom. The van der Waals surface area contributed by atoms with E-state index < -0.39 is 8.07 Å². The van der Waals surface area contributed by atoms with Crippen molar-refractivity contribution in [3.63, 3.8) is 0 Å². The number of hydrogen-bond acceptors (Lipinski definition) is 1. The molecule has 1 nitrogen and oxygen atoms in total. The predicted octanol–water partition coefficient (Wildman–Crippen LogP) is 3.29. The van der Waals surface area contributed by atoms with Crippen molar-refractivity contribution in [1.82, 2.24) is 0 Å². The summed E-state index contributed by atoms with van der Waals surface area (Å²) < 4.78 is 0. The molecule has 0 aromatic heterocycles. The summed E-state index contributed by atoms with van der Waals surface area (Å²) in [6, 6.07) is 1.26.